The van der Waals surface area contributed by atoms with Gasteiger partial charge in [0.1, 0.15) is 5.82 Å². The van der Waals surface area contributed by atoms with E-state index in [4.69, 9.17) is 0 Å². The maximum atomic E-state index is 13.8. The fourth-order valence-electron chi connectivity index (χ4n) is 2.50. The highest BCUT2D eigenvalue weighted by Gasteiger charge is 2.15. The Balaban J connectivity index is 2.46. The van der Waals surface area contributed by atoms with Gasteiger partial charge in [-0.05, 0) is 59.6 Å². The van der Waals surface area contributed by atoms with Crippen molar-refractivity contribution in [2.75, 3.05) is 6.54 Å². The molecule has 1 unspecified atom stereocenters. The number of hydrogen-bond donors (Lipinski definition) is 1. The van der Waals surface area contributed by atoms with Crippen molar-refractivity contribution in [2.45, 2.75) is 26.8 Å². The highest BCUT2D eigenvalue weighted by molar-refractivity contribution is 9.10. The zero-order valence-electron chi connectivity index (χ0n) is 12.0. The minimum Gasteiger partial charge on any atom is -0.307 e. The first-order valence-electron chi connectivity index (χ1n) is 6.77. The summed E-state index contributed by atoms with van der Waals surface area (Å²) in [4.78, 5) is 0. The molecule has 0 fully saturated rings. The smallest absolute Gasteiger partial charge is 0.137 e. The molecule has 0 aliphatic rings. The summed E-state index contributed by atoms with van der Waals surface area (Å²) in [6.07, 6.45) is 0. The van der Waals surface area contributed by atoms with Gasteiger partial charge in [0.15, 0.2) is 0 Å². The third kappa shape index (κ3) is 3.47. The molecule has 1 nitrogen and oxygen atoms in total. The van der Waals surface area contributed by atoms with E-state index in [-0.39, 0.29) is 11.9 Å². The number of benzene rings is 2. The van der Waals surface area contributed by atoms with Crippen LogP contribution in [0.25, 0.3) is 0 Å². The Morgan fingerprint density at radius 3 is 2.25 bits per heavy atom. The number of nitrogens with one attached hydrogen (secondary N) is 1. The number of hydrogen-bond acceptors (Lipinski definition) is 1. The van der Waals surface area contributed by atoms with Crippen molar-refractivity contribution in [2.24, 2.45) is 0 Å². The summed E-state index contributed by atoms with van der Waals surface area (Å²) in [5.74, 6) is -0.227. The molecule has 0 aliphatic heterocycles. The molecule has 1 atom stereocenters. The molecule has 0 saturated heterocycles. The maximum Gasteiger partial charge on any atom is 0.137 e. The molecule has 0 saturated carbocycles. The molecule has 0 aromatic heterocycles. The van der Waals surface area contributed by atoms with E-state index in [1.807, 2.05) is 6.07 Å². The first-order chi connectivity index (χ1) is 9.51. The fourth-order valence-corrected chi connectivity index (χ4v) is 2.75. The van der Waals surface area contributed by atoms with E-state index in [0.29, 0.717) is 4.47 Å². The van der Waals surface area contributed by atoms with E-state index in [9.17, 15) is 4.39 Å². The number of rotatable bonds is 4. The van der Waals surface area contributed by atoms with Crippen molar-refractivity contribution in [3.8, 4) is 0 Å². The van der Waals surface area contributed by atoms with Crippen molar-refractivity contribution >= 4 is 15.9 Å². The molecule has 0 aliphatic carbocycles. The number of aryl methyl sites for hydroxylation is 2. The highest BCUT2D eigenvalue weighted by Crippen LogP contribution is 2.27. The highest BCUT2D eigenvalue weighted by atomic mass is 79.9. The van der Waals surface area contributed by atoms with Gasteiger partial charge in [-0.3, -0.25) is 0 Å². The minimum absolute atomic E-state index is 0.0150. The van der Waals surface area contributed by atoms with Crippen LogP contribution in [0.5, 0.6) is 0 Å². The third-order valence-electron chi connectivity index (χ3n) is 3.26. The predicted molar refractivity (Wildman–Crippen MR) is 85.5 cm³/mol. The Morgan fingerprint density at radius 1 is 1.05 bits per heavy atom. The van der Waals surface area contributed by atoms with Gasteiger partial charge in [0.25, 0.3) is 0 Å². The lowest BCUT2D eigenvalue weighted by molar-refractivity contribution is 0.598. The van der Waals surface area contributed by atoms with Crippen LogP contribution in [0.2, 0.25) is 0 Å². The van der Waals surface area contributed by atoms with Gasteiger partial charge in [0.05, 0.1) is 10.5 Å². The summed E-state index contributed by atoms with van der Waals surface area (Å²) in [7, 11) is 0. The topological polar surface area (TPSA) is 12.0 Å². The molecular formula is C17H19BrFN. The Labute approximate surface area is 128 Å². The zero-order valence-corrected chi connectivity index (χ0v) is 13.6. The Hall–Kier alpha value is -1.19. The van der Waals surface area contributed by atoms with E-state index in [2.05, 4.69) is 60.2 Å². The molecule has 2 rings (SSSR count). The van der Waals surface area contributed by atoms with Crippen LogP contribution in [0.4, 0.5) is 4.39 Å². The van der Waals surface area contributed by atoms with E-state index >= 15 is 0 Å². The van der Waals surface area contributed by atoms with E-state index in [1.54, 1.807) is 12.1 Å². The first kappa shape index (κ1) is 15.2. The fraction of sp³-hybridized carbons (Fsp3) is 0.294. The summed E-state index contributed by atoms with van der Waals surface area (Å²) in [5.41, 5.74) is 4.56. The lowest BCUT2D eigenvalue weighted by Gasteiger charge is -2.20. The average Bonchev–Trinajstić information content (AvgIpc) is 2.38. The van der Waals surface area contributed by atoms with Crippen LogP contribution in [0.15, 0.2) is 40.9 Å². The Kier molecular flexibility index (Phi) is 4.95. The second kappa shape index (κ2) is 6.51. The molecule has 106 valence electrons. The lowest BCUT2D eigenvalue weighted by atomic mass is 9.95. The minimum atomic E-state index is -0.227. The molecular weight excluding hydrogens is 317 g/mol. The van der Waals surface area contributed by atoms with E-state index in [1.165, 1.54) is 16.7 Å². The molecule has 0 heterocycles. The maximum absolute atomic E-state index is 13.8. The van der Waals surface area contributed by atoms with Gasteiger partial charge < -0.3 is 5.32 Å². The third-order valence-corrected chi connectivity index (χ3v) is 3.91. The normalized spacial score (nSPS) is 12.4. The molecule has 0 bridgehead atoms. The lowest BCUT2D eigenvalue weighted by Crippen LogP contribution is -2.22. The Bertz CT molecular complexity index is 590. The van der Waals surface area contributed by atoms with Gasteiger partial charge in [-0.1, -0.05) is 42.3 Å². The van der Waals surface area contributed by atoms with Gasteiger partial charge in [0.2, 0.25) is 0 Å². The van der Waals surface area contributed by atoms with Crippen molar-refractivity contribution in [3.05, 3.63) is 68.9 Å². The van der Waals surface area contributed by atoms with E-state index in [0.717, 1.165) is 12.1 Å². The SMILES string of the molecule is CCNC(c1cc(C)cc(C)c1)c1ccc(Br)c(F)c1. The molecule has 20 heavy (non-hydrogen) atoms. The molecule has 3 heteroatoms. The van der Waals surface area contributed by atoms with Crippen molar-refractivity contribution in [1.82, 2.24) is 5.32 Å². The van der Waals surface area contributed by atoms with Gasteiger partial charge >= 0.3 is 0 Å². The molecule has 0 spiro atoms. The molecule has 0 radical (unpaired) electrons. The monoisotopic (exact) mass is 335 g/mol. The first-order valence-corrected chi connectivity index (χ1v) is 7.57. The largest absolute Gasteiger partial charge is 0.307 e. The van der Waals surface area contributed by atoms with Gasteiger partial charge in [-0.15, -0.1) is 0 Å². The molecule has 0 amide bonds. The van der Waals surface area contributed by atoms with Gasteiger partial charge in [-0.25, -0.2) is 4.39 Å². The summed E-state index contributed by atoms with van der Waals surface area (Å²) in [6, 6.07) is 11.8. The van der Waals surface area contributed by atoms with Crippen LogP contribution in [-0.2, 0) is 0 Å². The predicted octanol–water partition coefficient (Wildman–Crippen LogP) is 4.90. The standard InChI is InChI=1S/C17H19BrFN/c1-4-20-17(13-5-6-15(18)16(19)10-13)14-8-11(2)7-12(3)9-14/h5-10,17,20H,4H2,1-3H3. The van der Waals surface area contributed by atoms with Crippen LogP contribution in [0, 0.1) is 19.7 Å². The number of halogens is 2. The summed E-state index contributed by atoms with van der Waals surface area (Å²) in [6.45, 7) is 7.06. The molecule has 1 N–H and O–H groups in total. The second-order valence-corrected chi connectivity index (χ2v) is 5.94. The van der Waals surface area contributed by atoms with Crippen LogP contribution in [-0.4, -0.2) is 6.54 Å². The Morgan fingerprint density at radius 2 is 1.70 bits per heavy atom. The molecule has 2 aromatic carbocycles. The van der Waals surface area contributed by atoms with Crippen LogP contribution in [0.3, 0.4) is 0 Å². The zero-order chi connectivity index (χ0) is 14.7. The van der Waals surface area contributed by atoms with Crippen LogP contribution < -0.4 is 5.32 Å². The van der Waals surface area contributed by atoms with Crippen molar-refractivity contribution in [1.29, 1.82) is 0 Å². The van der Waals surface area contributed by atoms with Crippen LogP contribution in [0.1, 0.15) is 35.2 Å². The quantitative estimate of drug-likeness (QED) is 0.837. The summed E-state index contributed by atoms with van der Waals surface area (Å²) < 4.78 is 14.3. The van der Waals surface area contributed by atoms with E-state index < -0.39 is 0 Å². The second-order valence-electron chi connectivity index (χ2n) is 5.09. The summed E-state index contributed by atoms with van der Waals surface area (Å²) in [5, 5.41) is 3.43. The van der Waals surface area contributed by atoms with Crippen LogP contribution >= 0.6 is 15.9 Å². The van der Waals surface area contributed by atoms with Crippen molar-refractivity contribution < 1.29 is 4.39 Å². The molecule has 2 aromatic rings. The summed E-state index contributed by atoms with van der Waals surface area (Å²) >= 11 is 3.20. The van der Waals surface area contributed by atoms with Crippen molar-refractivity contribution in [3.63, 3.8) is 0 Å². The van der Waals surface area contributed by atoms with Gasteiger partial charge in [0, 0.05) is 0 Å². The van der Waals surface area contributed by atoms with Gasteiger partial charge in [-0.2, -0.15) is 0 Å². The average molecular weight is 336 g/mol.